The first kappa shape index (κ1) is 16.7. The number of hydrogen-bond acceptors (Lipinski definition) is 2. The maximum Gasteiger partial charge on any atom is 0.200 e. The second-order valence-corrected chi connectivity index (χ2v) is 6.57. The Bertz CT molecular complexity index is 874. The summed E-state index contributed by atoms with van der Waals surface area (Å²) in [5.74, 6) is 1.15. The fourth-order valence-electron chi connectivity index (χ4n) is 2.65. The lowest BCUT2D eigenvalue weighted by Crippen LogP contribution is -2.34. The largest absolute Gasteiger partial charge is 0.369 e. The van der Waals surface area contributed by atoms with Gasteiger partial charge in [0.25, 0.3) is 0 Å². The Morgan fingerprint density at radius 3 is 2.58 bits per heavy atom. The van der Waals surface area contributed by atoms with Gasteiger partial charge < -0.3 is 10.6 Å². The molecule has 0 atom stereocenters. The molecule has 24 heavy (non-hydrogen) atoms. The first-order chi connectivity index (χ1) is 11.7. The van der Waals surface area contributed by atoms with Gasteiger partial charge in [-0.1, -0.05) is 65.6 Å². The maximum atomic E-state index is 6.27. The topological polar surface area (TPSA) is 41.6 Å². The number of halogens is 1. The lowest BCUT2D eigenvalue weighted by molar-refractivity contribution is 1.19. The molecule has 0 bridgehead atoms. The van der Waals surface area contributed by atoms with Crippen LogP contribution in [0.2, 0.25) is 0 Å². The van der Waals surface area contributed by atoms with Gasteiger partial charge in [-0.2, -0.15) is 0 Å². The highest BCUT2D eigenvalue weighted by Gasteiger charge is 2.10. The summed E-state index contributed by atoms with van der Waals surface area (Å²) in [6, 6.07) is 22.2. The van der Waals surface area contributed by atoms with E-state index < -0.39 is 0 Å². The highest BCUT2D eigenvalue weighted by molar-refractivity contribution is 8.20. The Hall–Kier alpha value is -2.17. The lowest BCUT2D eigenvalue weighted by atomic mass is 10.1. The van der Waals surface area contributed by atoms with Crippen molar-refractivity contribution in [1.29, 1.82) is 0 Å². The Morgan fingerprint density at radius 1 is 1.04 bits per heavy atom. The molecule has 3 nitrogen and oxygen atoms in total. The predicted octanol–water partition coefficient (Wildman–Crippen LogP) is 5.31. The van der Waals surface area contributed by atoms with Gasteiger partial charge in [-0.25, -0.2) is 4.99 Å². The van der Waals surface area contributed by atoms with E-state index in [9.17, 15) is 0 Å². The molecule has 2 N–H and O–H groups in total. The summed E-state index contributed by atoms with van der Waals surface area (Å²) >= 11 is 0. The number of hydrogen-bond donors (Lipinski definition) is 1. The van der Waals surface area contributed by atoms with E-state index in [4.69, 9.17) is 16.4 Å². The number of nitrogens with zero attached hydrogens (tertiary/aromatic N) is 2. The second kappa shape index (κ2) is 7.60. The van der Waals surface area contributed by atoms with Crippen molar-refractivity contribution in [2.75, 3.05) is 11.9 Å². The fourth-order valence-corrected chi connectivity index (χ4v) is 3.36. The van der Waals surface area contributed by atoms with E-state index in [0.717, 1.165) is 27.7 Å². The van der Waals surface area contributed by atoms with Gasteiger partial charge >= 0.3 is 0 Å². The van der Waals surface area contributed by atoms with Crippen molar-refractivity contribution in [3.05, 3.63) is 72.3 Å². The summed E-state index contributed by atoms with van der Waals surface area (Å²) in [6.07, 6.45) is 0. The van der Waals surface area contributed by atoms with E-state index in [1.807, 2.05) is 60.5 Å². The molecule has 0 heterocycles. The monoisotopic (exact) mass is 355 g/mol. The maximum absolute atomic E-state index is 6.27. The highest BCUT2D eigenvalue weighted by atomic mass is 35.7. The zero-order valence-corrected chi connectivity index (χ0v) is 14.9. The van der Waals surface area contributed by atoms with E-state index in [-0.39, 0.29) is 0 Å². The van der Waals surface area contributed by atoms with Gasteiger partial charge in [0.05, 0.1) is 5.69 Å². The molecule has 0 saturated heterocycles. The molecule has 3 aromatic rings. The van der Waals surface area contributed by atoms with Crippen LogP contribution in [0.3, 0.4) is 0 Å². The number of fused-ring (bicyclic) bond motifs is 1. The van der Waals surface area contributed by atoms with Crippen molar-refractivity contribution in [3.8, 4) is 0 Å². The van der Waals surface area contributed by atoms with Crippen LogP contribution in [0.5, 0.6) is 0 Å². The van der Waals surface area contributed by atoms with Gasteiger partial charge in [-0.05, 0) is 33.8 Å². The summed E-state index contributed by atoms with van der Waals surface area (Å²) in [5, 5.41) is 2.23. The van der Waals surface area contributed by atoms with E-state index in [0.29, 0.717) is 11.7 Å². The van der Waals surface area contributed by atoms with Gasteiger partial charge in [-0.3, -0.25) is 0 Å². The molecular weight excluding hydrogens is 338 g/mol. The van der Waals surface area contributed by atoms with Crippen LogP contribution in [0.4, 0.5) is 11.4 Å². The first-order valence-corrected chi connectivity index (χ1v) is 9.39. The SMILES string of the molecule is CN(C(N)=Nc1cccc2ccccc12)c1ccccc1CSCl. The average molecular weight is 356 g/mol. The van der Waals surface area contributed by atoms with E-state index in [1.54, 1.807) is 0 Å². The highest BCUT2D eigenvalue weighted by Crippen LogP contribution is 2.28. The van der Waals surface area contributed by atoms with Gasteiger partial charge in [0.2, 0.25) is 5.96 Å². The van der Waals surface area contributed by atoms with Crippen LogP contribution in [0.25, 0.3) is 10.8 Å². The number of para-hydroxylation sites is 1. The summed E-state index contributed by atoms with van der Waals surface area (Å²) in [7, 11) is 9.01. The van der Waals surface area contributed by atoms with Crippen LogP contribution in [0, 0.1) is 0 Å². The number of benzene rings is 3. The van der Waals surface area contributed by atoms with Crippen LogP contribution in [0.1, 0.15) is 5.56 Å². The normalized spacial score (nSPS) is 11.7. The molecule has 0 aliphatic carbocycles. The minimum absolute atomic E-state index is 0.443. The zero-order valence-electron chi connectivity index (χ0n) is 13.3. The number of aliphatic imine (C=N–C) groups is 1. The quantitative estimate of drug-likeness (QED) is 0.509. The van der Waals surface area contributed by atoms with Crippen molar-refractivity contribution in [1.82, 2.24) is 0 Å². The zero-order chi connectivity index (χ0) is 16.9. The van der Waals surface area contributed by atoms with Crippen molar-refractivity contribution in [2.45, 2.75) is 5.75 Å². The minimum atomic E-state index is 0.443. The summed E-state index contributed by atoms with van der Waals surface area (Å²) in [4.78, 5) is 6.54. The molecule has 122 valence electrons. The van der Waals surface area contributed by atoms with Gasteiger partial charge in [-0.15, -0.1) is 0 Å². The molecule has 0 aliphatic rings. The van der Waals surface area contributed by atoms with Crippen LogP contribution < -0.4 is 10.6 Å². The molecule has 0 fully saturated rings. The first-order valence-electron chi connectivity index (χ1n) is 7.58. The molecule has 0 aromatic heterocycles. The standard InChI is InChI=1S/C19H18ClN3S/c1-23(18-12-5-3-8-15(18)13-24-20)19(21)22-17-11-6-9-14-7-2-4-10-16(14)17/h2-12H,13H2,1H3,(H2,21,22). The van der Waals surface area contributed by atoms with Crippen LogP contribution in [-0.2, 0) is 5.75 Å². The Kier molecular flexibility index (Phi) is 5.28. The van der Waals surface area contributed by atoms with Crippen LogP contribution in [0.15, 0.2) is 71.7 Å². The smallest absolute Gasteiger partial charge is 0.200 e. The third-order valence-corrected chi connectivity index (χ3v) is 4.66. The van der Waals surface area contributed by atoms with E-state index >= 15 is 0 Å². The fraction of sp³-hybridized carbons (Fsp3) is 0.105. The van der Waals surface area contributed by atoms with Crippen molar-refractivity contribution in [3.63, 3.8) is 0 Å². The molecule has 3 rings (SSSR count). The summed E-state index contributed by atoms with van der Waals surface area (Å²) in [5.41, 5.74) is 9.26. The number of guanidine groups is 1. The molecule has 0 amide bonds. The van der Waals surface area contributed by atoms with Gasteiger partial charge in [0.15, 0.2) is 0 Å². The molecule has 0 spiro atoms. The van der Waals surface area contributed by atoms with Crippen molar-refractivity contribution < 1.29 is 0 Å². The van der Waals surface area contributed by atoms with Gasteiger partial charge in [0, 0.05) is 23.9 Å². The van der Waals surface area contributed by atoms with Gasteiger partial charge in [0.1, 0.15) is 0 Å². The van der Waals surface area contributed by atoms with Crippen LogP contribution in [-0.4, -0.2) is 13.0 Å². The van der Waals surface area contributed by atoms with Crippen molar-refractivity contribution >= 4 is 49.8 Å². The van der Waals surface area contributed by atoms with E-state index in [2.05, 4.69) is 23.2 Å². The van der Waals surface area contributed by atoms with Crippen LogP contribution >= 0.6 is 21.7 Å². The Morgan fingerprint density at radius 2 is 1.75 bits per heavy atom. The Balaban J connectivity index is 1.98. The van der Waals surface area contributed by atoms with E-state index in [1.165, 1.54) is 11.0 Å². The summed E-state index contributed by atoms with van der Waals surface area (Å²) in [6.45, 7) is 0. The predicted molar refractivity (Wildman–Crippen MR) is 107 cm³/mol. The molecule has 0 unspecified atom stereocenters. The molecule has 0 aliphatic heterocycles. The third-order valence-electron chi connectivity index (χ3n) is 3.91. The third kappa shape index (κ3) is 3.50. The molecule has 0 radical (unpaired) electrons. The Labute approximate surface area is 150 Å². The lowest BCUT2D eigenvalue weighted by Gasteiger charge is -2.21. The minimum Gasteiger partial charge on any atom is -0.369 e. The molecular formula is C19H18ClN3S. The number of rotatable bonds is 4. The van der Waals surface area contributed by atoms with Crippen molar-refractivity contribution in [2.24, 2.45) is 10.7 Å². The molecule has 0 saturated carbocycles. The molecule has 5 heteroatoms. The molecule has 3 aromatic carbocycles. The number of anilines is 1. The number of nitrogens with two attached hydrogens (primary N) is 1. The summed E-state index contributed by atoms with van der Waals surface area (Å²) < 4.78 is 0. The average Bonchev–Trinajstić information content (AvgIpc) is 2.62. The second-order valence-electron chi connectivity index (χ2n) is 5.41.